The van der Waals surface area contributed by atoms with Gasteiger partial charge in [0.05, 0.1) is 5.75 Å². The van der Waals surface area contributed by atoms with E-state index in [1.807, 2.05) is 36.1 Å². The summed E-state index contributed by atoms with van der Waals surface area (Å²) in [6.07, 6.45) is 2.79. The van der Waals surface area contributed by atoms with Crippen molar-refractivity contribution < 1.29 is 9.59 Å². The predicted molar refractivity (Wildman–Crippen MR) is 77.6 cm³/mol. The van der Waals surface area contributed by atoms with E-state index in [1.165, 1.54) is 0 Å². The van der Waals surface area contributed by atoms with E-state index in [-0.39, 0.29) is 11.7 Å². The molecule has 1 saturated heterocycles. The van der Waals surface area contributed by atoms with Gasteiger partial charge < -0.3 is 4.90 Å². The number of rotatable bonds is 5. The maximum absolute atomic E-state index is 11.9. The lowest BCUT2D eigenvalue weighted by Gasteiger charge is -2.14. The molecule has 2 rings (SSSR count). The zero-order valence-electron chi connectivity index (χ0n) is 11.2. The van der Waals surface area contributed by atoms with Crippen molar-refractivity contribution in [3.63, 3.8) is 0 Å². The maximum atomic E-state index is 11.9. The Kier molecular flexibility index (Phi) is 5.02. The Bertz CT molecular complexity index is 450. The lowest BCUT2D eigenvalue weighted by atomic mass is 10.1. The molecule has 1 aliphatic rings. The number of ketones is 1. The fourth-order valence-electron chi connectivity index (χ4n) is 2.14. The summed E-state index contributed by atoms with van der Waals surface area (Å²) >= 11 is 1.54. The molecule has 0 spiro atoms. The molecular weight excluding hydrogens is 258 g/mol. The molecule has 4 heteroatoms. The third kappa shape index (κ3) is 3.83. The summed E-state index contributed by atoms with van der Waals surface area (Å²) in [7, 11) is 0. The Morgan fingerprint density at radius 3 is 2.37 bits per heavy atom. The lowest BCUT2D eigenvalue weighted by Crippen LogP contribution is -2.29. The zero-order chi connectivity index (χ0) is 13.7. The number of thioether (sulfide) groups is 1. The molecule has 0 unspecified atom stereocenters. The fourth-order valence-corrected chi connectivity index (χ4v) is 2.95. The van der Waals surface area contributed by atoms with Crippen molar-refractivity contribution in [1.29, 1.82) is 0 Å². The van der Waals surface area contributed by atoms with E-state index in [4.69, 9.17) is 0 Å². The first-order valence-electron chi connectivity index (χ1n) is 6.74. The van der Waals surface area contributed by atoms with E-state index in [9.17, 15) is 9.59 Å². The van der Waals surface area contributed by atoms with Gasteiger partial charge in [-0.05, 0) is 25.0 Å². The predicted octanol–water partition coefficient (Wildman–Crippen LogP) is 2.99. The van der Waals surface area contributed by atoms with Gasteiger partial charge in [-0.1, -0.05) is 19.1 Å². The Morgan fingerprint density at radius 2 is 1.79 bits per heavy atom. The quantitative estimate of drug-likeness (QED) is 0.613. The number of hydrogen-bond acceptors (Lipinski definition) is 3. The highest BCUT2D eigenvalue weighted by Gasteiger charge is 2.17. The highest BCUT2D eigenvalue weighted by molar-refractivity contribution is 8.00. The third-order valence-electron chi connectivity index (χ3n) is 3.32. The second-order valence-corrected chi connectivity index (χ2v) is 5.73. The molecule has 0 aliphatic carbocycles. The van der Waals surface area contributed by atoms with Crippen LogP contribution in [0.15, 0.2) is 29.2 Å². The van der Waals surface area contributed by atoms with Crippen LogP contribution in [0.3, 0.4) is 0 Å². The minimum absolute atomic E-state index is 0.157. The summed E-state index contributed by atoms with van der Waals surface area (Å²) in [6, 6.07) is 7.53. The SMILES string of the molecule is CCC(=O)c1ccc(SCC(=O)N2CCCC2)cc1. The molecule has 0 radical (unpaired) electrons. The van der Waals surface area contributed by atoms with Crippen molar-refractivity contribution in [2.45, 2.75) is 31.1 Å². The van der Waals surface area contributed by atoms with Gasteiger partial charge in [-0.25, -0.2) is 0 Å². The highest BCUT2D eigenvalue weighted by atomic mass is 32.2. The molecule has 1 amide bonds. The van der Waals surface area contributed by atoms with Crippen LogP contribution >= 0.6 is 11.8 Å². The van der Waals surface area contributed by atoms with Crippen molar-refractivity contribution in [2.75, 3.05) is 18.8 Å². The molecule has 1 aromatic carbocycles. The molecule has 0 atom stereocenters. The summed E-state index contributed by atoms with van der Waals surface area (Å²) in [5, 5.41) is 0. The van der Waals surface area contributed by atoms with E-state index in [0.29, 0.717) is 12.2 Å². The molecule has 0 aromatic heterocycles. The van der Waals surface area contributed by atoms with Gasteiger partial charge in [-0.2, -0.15) is 0 Å². The fraction of sp³-hybridized carbons (Fsp3) is 0.467. The number of Topliss-reactive ketones (excluding diaryl/α,β-unsaturated/α-hetero) is 1. The Hall–Kier alpha value is -1.29. The van der Waals surface area contributed by atoms with Crippen LogP contribution in [0.25, 0.3) is 0 Å². The van der Waals surface area contributed by atoms with Gasteiger partial charge in [0.1, 0.15) is 0 Å². The molecule has 0 N–H and O–H groups in total. The molecular formula is C15H19NO2S. The Morgan fingerprint density at radius 1 is 1.16 bits per heavy atom. The van der Waals surface area contributed by atoms with Crippen LogP contribution in [0.1, 0.15) is 36.5 Å². The third-order valence-corrected chi connectivity index (χ3v) is 4.32. The van der Waals surface area contributed by atoms with Crippen LogP contribution in [-0.4, -0.2) is 35.4 Å². The summed E-state index contributed by atoms with van der Waals surface area (Å²) in [5.74, 6) is 0.863. The van der Waals surface area contributed by atoms with Crippen molar-refractivity contribution in [2.24, 2.45) is 0 Å². The van der Waals surface area contributed by atoms with Gasteiger partial charge in [0, 0.05) is 30.0 Å². The average molecular weight is 277 g/mol. The number of nitrogens with zero attached hydrogens (tertiary/aromatic N) is 1. The molecule has 19 heavy (non-hydrogen) atoms. The van der Waals surface area contributed by atoms with Gasteiger partial charge >= 0.3 is 0 Å². The zero-order valence-corrected chi connectivity index (χ0v) is 12.0. The van der Waals surface area contributed by atoms with Crippen LogP contribution in [0, 0.1) is 0 Å². The summed E-state index contributed by atoms with van der Waals surface area (Å²) < 4.78 is 0. The molecule has 102 valence electrons. The van der Waals surface area contributed by atoms with Crippen LogP contribution in [0.4, 0.5) is 0 Å². The molecule has 1 fully saturated rings. The van der Waals surface area contributed by atoms with Gasteiger partial charge in [0.25, 0.3) is 0 Å². The van der Waals surface area contributed by atoms with Gasteiger partial charge in [0.2, 0.25) is 5.91 Å². The van der Waals surface area contributed by atoms with Crippen molar-refractivity contribution in [1.82, 2.24) is 4.90 Å². The Labute approximate surface area is 118 Å². The largest absolute Gasteiger partial charge is 0.342 e. The van der Waals surface area contributed by atoms with Gasteiger partial charge in [-0.3, -0.25) is 9.59 Å². The van der Waals surface area contributed by atoms with Crippen molar-refractivity contribution in [3.8, 4) is 0 Å². The van der Waals surface area contributed by atoms with E-state index in [2.05, 4.69) is 0 Å². The number of carbonyl (C=O) groups is 2. The second-order valence-electron chi connectivity index (χ2n) is 4.68. The first-order valence-corrected chi connectivity index (χ1v) is 7.73. The first kappa shape index (κ1) is 14.1. The Balaban J connectivity index is 1.85. The number of benzene rings is 1. The summed E-state index contributed by atoms with van der Waals surface area (Å²) in [4.78, 5) is 26.4. The minimum atomic E-state index is 0.157. The van der Waals surface area contributed by atoms with E-state index < -0.39 is 0 Å². The van der Waals surface area contributed by atoms with Crippen LogP contribution in [0.2, 0.25) is 0 Å². The van der Waals surface area contributed by atoms with Gasteiger partial charge in [-0.15, -0.1) is 11.8 Å². The molecule has 1 heterocycles. The molecule has 1 aromatic rings. The maximum Gasteiger partial charge on any atom is 0.232 e. The standard InChI is InChI=1S/C15H19NO2S/c1-2-14(17)12-5-7-13(8-6-12)19-11-15(18)16-9-3-4-10-16/h5-8H,2-4,9-11H2,1H3. The topological polar surface area (TPSA) is 37.4 Å². The van der Waals surface area contributed by atoms with Gasteiger partial charge in [0.15, 0.2) is 5.78 Å². The van der Waals surface area contributed by atoms with Crippen LogP contribution < -0.4 is 0 Å². The van der Waals surface area contributed by atoms with E-state index >= 15 is 0 Å². The summed E-state index contributed by atoms with van der Waals surface area (Å²) in [6.45, 7) is 3.67. The average Bonchev–Trinajstić information content (AvgIpc) is 2.98. The lowest BCUT2D eigenvalue weighted by molar-refractivity contribution is -0.127. The van der Waals surface area contributed by atoms with E-state index in [0.717, 1.165) is 36.4 Å². The number of carbonyl (C=O) groups excluding carboxylic acids is 2. The number of hydrogen-bond donors (Lipinski definition) is 0. The smallest absolute Gasteiger partial charge is 0.232 e. The minimum Gasteiger partial charge on any atom is -0.342 e. The van der Waals surface area contributed by atoms with Crippen molar-refractivity contribution >= 4 is 23.5 Å². The molecule has 3 nitrogen and oxygen atoms in total. The number of amides is 1. The van der Waals surface area contributed by atoms with Crippen LogP contribution in [0.5, 0.6) is 0 Å². The highest BCUT2D eigenvalue weighted by Crippen LogP contribution is 2.20. The summed E-state index contributed by atoms with van der Waals surface area (Å²) in [5.41, 5.74) is 0.748. The normalized spacial score (nSPS) is 14.7. The van der Waals surface area contributed by atoms with E-state index in [1.54, 1.807) is 11.8 Å². The van der Waals surface area contributed by atoms with Crippen molar-refractivity contribution in [3.05, 3.63) is 29.8 Å². The van der Waals surface area contributed by atoms with Crippen LogP contribution in [-0.2, 0) is 4.79 Å². The second kappa shape index (κ2) is 6.75. The number of likely N-dealkylation sites (tertiary alicyclic amines) is 1. The molecule has 1 aliphatic heterocycles. The monoisotopic (exact) mass is 277 g/mol. The molecule has 0 saturated carbocycles. The first-order chi connectivity index (χ1) is 9.20. The molecule has 0 bridgehead atoms.